The van der Waals surface area contributed by atoms with Crippen molar-refractivity contribution in [3.63, 3.8) is 0 Å². The number of carbonyl (C=O) groups is 1. The molecule has 2 atom stereocenters. The van der Waals surface area contributed by atoms with E-state index in [-0.39, 0.29) is 5.56 Å². The van der Waals surface area contributed by atoms with Crippen LogP contribution in [0.5, 0.6) is 0 Å². The van der Waals surface area contributed by atoms with Gasteiger partial charge in [-0.15, -0.1) is 0 Å². The van der Waals surface area contributed by atoms with Crippen LogP contribution in [-0.4, -0.2) is 34.3 Å². The van der Waals surface area contributed by atoms with Gasteiger partial charge in [-0.1, -0.05) is 6.07 Å². The van der Waals surface area contributed by atoms with Crippen LogP contribution < -0.4 is 0 Å². The van der Waals surface area contributed by atoms with Gasteiger partial charge >= 0.3 is 5.97 Å². The van der Waals surface area contributed by atoms with Gasteiger partial charge in [0.2, 0.25) is 0 Å². The fourth-order valence-corrected chi connectivity index (χ4v) is 3.35. The van der Waals surface area contributed by atoms with Crippen molar-refractivity contribution in [2.75, 3.05) is 19.0 Å². The fraction of sp³-hybridized carbons (Fsp3) is 0.462. The molecule has 0 aliphatic carbocycles. The minimum Gasteiger partial charge on any atom is -0.478 e. The SMILES string of the molecule is Cc1ccc(S(=O)CC2CCOC2)cc1C(=O)O. The van der Waals surface area contributed by atoms with Gasteiger partial charge in [0.25, 0.3) is 0 Å². The first-order valence-corrected chi connectivity index (χ1v) is 7.20. The zero-order chi connectivity index (χ0) is 13.1. The Morgan fingerprint density at radius 2 is 2.33 bits per heavy atom. The summed E-state index contributed by atoms with van der Waals surface area (Å²) in [6, 6.07) is 4.97. The lowest BCUT2D eigenvalue weighted by Crippen LogP contribution is -2.12. The Bertz CT molecular complexity index is 478. The maximum atomic E-state index is 12.1. The quantitative estimate of drug-likeness (QED) is 0.905. The van der Waals surface area contributed by atoms with Crippen LogP contribution in [0.1, 0.15) is 22.3 Å². The molecule has 18 heavy (non-hydrogen) atoms. The first kappa shape index (κ1) is 13.2. The number of aromatic carboxylic acids is 1. The lowest BCUT2D eigenvalue weighted by Gasteiger charge is -2.09. The molecule has 1 aliphatic rings. The predicted octanol–water partition coefficient (Wildman–Crippen LogP) is 1.84. The van der Waals surface area contributed by atoms with Crippen LogP contribution in [-0.2, 0) is 15.5 Å². The average Bonchev–Trinajstić information content (AvgIpc) is 2.81. The third-order valence-corrected chi connectivity index (χ3v) is 4.67. The van der Waals surface area contributed by atoms with Crippen LogP contribution in [0.2, 0.25) is 0 Å². The third-order valence-electron chi connectivity index (χ3n) is 3.11. The number of benzene rings is 1. The summed E-state index contributed by atoms with van der Waals surface area (Å²) in [5, 5.41) is 9.04. The van der Waals surface area contributed by atoms with Crippen LogP contribution in [0, 0.1) is 12.8 Å². The van der Waals surface area contributed by atoms with E-state index >= 15 is 0 Å². The Hall–Kier alpha value is -1.20. The molecule has 0 aromatic heterocycles. The van der Waals surface area contributed by atoms with Crippen molar-refractivity contribution in [1.82, 2.24) is 0 Å². The number of aryl methyl sites for hydroxylation is 1. The second kappa shape index (κ2) is 5.63. The first-order valence-electron chi connectivity index (χ1n) is 5.88. The van der Waals surface area contributed by atoms with E-state index in [1.165, 1.54) is 6.07 Å². The Labute approximate surface area is 108 Å². The molecule has 0 saturated carbocycles. The van der Waals surface area contributed by atoms with Crippen LogP contribution in [0.15, 0.2) is 23.1 Å². The highest BCUT2D eigenvalue weighted by atomic mass is 32.2. The first-order chi connectivity index (χ1) is 8.58. The van der Waals surface area contributed by atoms with Gasteiger partial charge in [0.05, 0.1) is 23.0 Å². The number of hydrogen-bond acceptors (Lipinski definition) is 3. The van der Waals surface area contributed by atoms with Gasteiger partial charge in [-0.25, -0.2) is 4.79 Å². The Balaban J connectivity index is 2.14. The van der Waals surface area contributed by atoms with Gasteiger partial charge in [-0.3, -0.25) is 4.21 Å². The van der Waals surface area contributed by atoms with E-state index in [9.17, 15) is 9.00 Å². The molecule has 5 heteroatoms. The number of rotatable bonds is 4. The zero-order valence-electron chi connectivity index (χ0n) is 10.2. The summed E-state index contributed by atoms with van der Waals surface area (Å²) < 4.78 is 17.4. The third kappa shape index (κ3) is 2.97. The van der Waals surface area contributed by atoms with E-state index < -0.39 is 16.8 Å². The molecule has 0 bridgehead atoms. The monoisotopic (exact) mass is 268 g/mol. The minimum absolute atomic E-state index is 0.225. The van der Waals surface area contributed by atoms with E-state index in [1.807, 2.05) is 0 Å². The summed E-state index contributed by atoms with van der Waals surface area (Å²) in [6.45, 7) is 3.13. The fourth-order valence-electron chi connectivity index (χ4n) is 2.00. The summed E-state index contributed by atoms with van der Waals surface area (Å²) in [5.74, 6) is -0.113. The second-order valence-corrected chi connectivity index (χ2v) is 6.02. The van der Waals surface area contributed by atoms with Crippen LogP contribution in [0.25, 0.3) is 0 Å². The van der Waals surface area contributed by atoms with Gasteiger partial charge in [0.1, 0.15) is 0 Å². The number of ether oxygens (including phenoxy) is 1. The molecule has 2 unspecified atom stereocenters. The molecule has 98 valence electrons. The number of carboxylic acids is 1. The van der Waals surface area contributed by atoms with E-state index in [0.29, 0.717) is 28.7 Å². The van der Waals surface area contributed by atoms with Crippen molar-refractivity contribution in [3.05, 3.63) is 29.3 Å². The highest BCUT2D eigenvalue weighted by Crippen LogP contribution is 2.19. The lowest BCUT2D eigenvalue weighted by atomic mass is 10.1. The molecule has 1 fully saturated rings. The van der Waals surface area contributed by atoms with E-state index in [2.05, 4.69) is 0 Å². The Morgan fingerprint density at radius 3 is 2.94 bits per heavy atom. The van der Waals surface area contributed by atoms with Crippen molar-refractivity contribution in [3.8, 4) is 0 Å². The van der Waals surface area contributed by atoms with Crippen molar-refractivity contribution < 1.29 is 18.8 Å². The van der Waals surface area contributed by atoms with Gasteiger partial charge in [-0.2, -0.15) is 0 Å². The average molecular weight is 268 g/mol. The highest BCUT2D eigenvalue weighted by molar-refractivity contribution is 7.85. The van der Waals surface area contributed by atoms with E-state index in [1.54, 1.807) is 19.1 Å². The second-order valence-electron chi connectivity index (χ2n) is 4.52. The molecule has 1 heterocycles. The maximum Gasteiger partial charge on any atom is 0.335 e. The molecular formula is C13H16O4S. The van der Waals surface area contributed by atoms with Crippen LogP contribution in [0.3, 0.4) is 0 Å². The molecule has 0 spiro atoms. The molecule has 0 amide bonds. The van der Waals surface area contributed by atoms with Crippen molar-refractivity contribution in [1.29, 1.82) is 0 Å². The van der Waals surface area contributed by atoms with Gasteiger partial charge in [-0.05, 0) is 37.0 Å². The summed E-state index contributed by atoms with van der Waals surface area (Å²) in [4.78, 5) is 11.6. The number of hydrogen-bond donors (Lipinski definition) is 1. The zero-order valence-corrected chi connectivity index (χ0v) is 11.0. The van der Waals surface area contributed by atoms with Gasteiger partial charge in [0, 0.05) is 17.3 Å². The smallest absolute Gasteiger partial charge is 0.335 e. The topological polar surface area (TPSA) is 63.6 Å². The molecule has 1 aromatic carbocycles. The van der Waals surface area contributed by atoms with Gasteiger partial charge < -0.3 is 9.84 Å². The number of carboxylic acid groups (broad SMARTS) is 1. The molecule has 1 N–H and O–H groups in total. The molecular weight excluding hydrogens is 252 g/mol. The molecule has 2 rings (SSSR count). The van der Waals surface area contributed by atoms with Crippen molar-refractivity contribution in [2.24, 2.45) is 5.92 Å². The maximum absolute atomic E-state index is 12.1. The summed E-state index contributed by atoms with van der Waals surface area (Å²) in [6.07, 6.45) is 0.934. The Morgan fingerprint density at radius 1 is 1.56 bits per heavy atom. The molecule has 1 saturated heterocycles. The highest BCUT2D eigenvalue weighted by Gasteiger charge is 2.20. The van der Waals surface area contributed by atoms with Crippen molar-refractivity contribution >= 4 is 16.8 Å². The summed E-state index contributed by atoms with van der Waals surface area (Å²) in [5.41, 5.74) is 0.913. The van der Waals surface area contributed by atoms with Crippen LogP contribution >= 0.6 is 0 Å². The molecule has 1 aromatic rings. The lowest BCUT2D eigenvalue weighted by molar-refractivity contribution is 0.0696. The molecule has 0 radical (unpaired) electrons. The van der Waals surface area contributed by atoms with Crippen molar-refractivity contribution in [2.45, 2.75) is 18.2 Å². The van der Waals surface area contributed by atoms with Gasteiger partial charge in [0.15, 0.2) is 0 Å². The standard InChI is InChI=1S/C13H16O4S/c1-9-2-3-11(6-12(9)13(14)15)18(16)8-10-4-5-17-7-10/h2-3,6,10H,4-5,7-8H2,1H3,(H,14,15). The summed E-state index contributed by atoms with van der Waals surface area (Å²) in [7, 11) is -1.15. The normalized spacial score (nSPS) is 20.8. The van der Waals surface area contributed by atoms with E-state index in [4.69, 9.17) is 9.84 Å². The van der Waals surface area contributed by atoms with Crippen LogP contribution in [0.4, 0.5) is 0 Å². The largest absolute Gasteiger partial charge is 0.478 e. The molecule has 1 aliphatic heterocycles. The minimum atomic E-state index is -1.15. The van der Waals surface area contributed by atoms with E-state index in [0.717, 1.165) is 13.0 Å². The predicted molar refractivity (Wildman–Crippen MR) is 68.3 cm³/mol. The molecule has 4 nitrogen and oxygen atoms in total. The summed E-state index contributed by atoms with van der Waals surface area (Å²) >= 11 is 0. The Kier molecular flexibility index (Phi) is 4.14.